The van der Waals surface area contributed by atoms with Crippen LogP contribution in [-0.4, -0.2) is 18.6 Å². The summed E-state index contributed by atoms with van der Waals surface area (Å²) in [6, 6.07) is 7.32. The van der Waals surface area contributed by atoms with Crippen LogP contribution in [0.1, 0.15) is 38.2 Å². The average Bonchev–Trinajstić information content (AvgIpc) is 3.23. The van der Waals surface area contributed by atoms with E-state index in [0.29, 0.717) is 13.0 Å². The van der Waals surface area contributed by atoms with E-state index in [1.54, 1.807) is 0 Å². The molecule has 0 aromatic heterocycles. The largest absolute Gasteiger partial charge is 0.376 e. The third-order valence-electron chi connectivity index (χ3n) is 3.45. The summed E-state index contributed by atoms with van der Waals surface area (Å²) < 4.78 is 5.65. The number of hydrogen-bond acceptors (Lipinski definition) is 3. The van der Waals surface area contributed by atoms with Crippen molar-refractivity contribution in [2.24, 2.45) is 11.7 Å². The van der Waals surface area contributed by atoms with Crippen molar-refractivity contribution in [1.29, 1.82) is 0 Å². The minimum atomic E-state index is -0.435. The molecule has 118 valence electrons. The first-order valence-corrected chi connectivity index (χ1v) is 7.42. The second-order valence-electron chi connectivity index (χ2n) is 5.54. The molecule has 1 aliphatic carbocycles. The lowest BCUT2D eigenvalue weighted by Crippen LogP contribution is -2.35. The fraction of sp³-hybridized carbons (Fsp3) is 0.562. The lowest BCUT2D eigenvalue weighted by molar-refractivity contribution is -0.117. The van der Waals surface area contributed by atoms with Crippen LogP contribution in [0, 0.1) is 5.92 Å². The molecule has 1 amide bonds. The summed E-state index contributed by atoms with van der Waals surface area (Å²) in [5, 5.41) is 2.86. The standard InChI is InChI=1S/C16H24N2O2.ClH/c1-2-4-15(17)16(19)18-14-6-3-5-13(9-14)11-20-10-12-7-8-12;/h3,5-6,9,12,15H,2,4,7-8,10-11,17H2,1H3,(H,18,19);1H. The van der Waals surface area contributed by atoms with E-state index in [4.69, 9.17) is 10.5 Å². The van der Waals surface area contributed by atoms with Crippen LogP contribution in [0.3, 0.4) is 0 Å². The molecule has 2 rings (SSSR count). The molecule has 0 aliphatic heterocycles. The Morgan fingerprint density at radius 3 is 2.90 bits per heavy atom. The third-order valence-corrected chi connectivity index (χ3v) is 3.45. The molecule has 1 unspecified atom stereocenters. The lowest BCUT2D eigenvalue weighted by Gasteiger charge is -2.12. The summed E-state index contributed by atoms with van der Waals surface area (Å²) in [4.78, 5) is 11.9. The van der Waals surface area contributed by atoms with Crippen LogP contribution < -0.4 is 11.1 Å². The van der Waals surface area contributed by atoms with Gasteiger partial charge in [0.1, 0.15) is 0 Å². The van der Waals surface area contributed by atoms with Crippen molar-refractivity contribution >= 4 is 24.0 Å². The Hall–Kier alpha value is -1.10. The van der Waals surface area contributed by atoms with Gasteiger partial charge in [-0.15, -0.1) is 12.4 Å². The summed E-state index contributed by atoms with van der Waals surface area (Å²) in [7, 11) is 0. The van der Waals surface area contributed by atoms with Gasteiger partial charge in [0.05, 0.1) is 12.6 Å². The van der Waals surface area contributed by atoms with Gasteiger partial charge in [-0.3, -0.25) is 4.79 Å². The first kappa shape index (κ1) is 18.0. The molecule has 5 heteroatoms. The summed E-state index contributed by atoms with van der Waals surface area (Å²) in [6.07, 6.45) is 4.20. The van der Waals surface area contributed by atoms with Crippen LogP contribution in [0.4, 0.5) is 5.69 Å². The monoisotopic (exact) mass is 312 g/mol. The van der Waals surface area contributed by atoms with Gasteiger partial charge in [-0.1, -0.05) is 25.5 Å². The van der Waals surface area contributed by atoms with Gasteiger partial charge in [0.2, 0.25) is 5.91 Å². The Bertz CT molecular complexity index is 450. The smallest absolute Gasteiger partial charge is 0.241 e. The number of hydrogen-bond donors (Lipinski definition) is 2. The first-order valence-electron chi connectivity index (χ1n) is 7.42. The molecule has 1 aromatic carbocycles. The maximum atomic E-state index is 11.9. The predicted molar refractivity (Wildman–Crippen MR) is 87.6 cm³/mol. The Morgan fingerprint density at radius 2 is 2.24 bits per heavy atom. The molecule has 0 bridgehead atoms. The fourth-order valence-corrected chi connectivity index (χ4v) is 2.04. The van der Waals surface area contributed by atoms with Gasteiger partial charge >= 0.3 is 0 Å². The topological polar surface area (TPSA) is 64.4 Å². The summed E-state index contributed by atoms with van der Waals surface area (Å²) in [5.41, 5.74) is 7.66. The molecular formula is C16H25ClN2O2. The van der Waals surface area contributed by atoms with Gasteiger partial charge in [-0.05, 0) is 42.9 Å². The summed E-state index contributed by atoms with van der Waals surface area (Å²) in [6.45, 7) is 3.46. The van der Waals surface area contributed by atoms with Crippen LogP contribution in [-0.2, 0) is 16.1 Å². The highest BCUT2D eigenvalue weighted by molar-refractivity contribution is 5.94. The highest BCUT2D eigenvalue weighted by Gasteiger charge is 2.21. The number of nitrogens with one attached hydrogen (secondary N) is 1. The molecule has 1 saturated carbocycles. The molecule has 0 spiro atoms. The molecule has 0 saturated heterocycles. The molecule has 4 nitrogen and oxygen atoms in total. The Labute approximate surface area is 132 Å². The van der Waals surface area contributed by atoms with Crippen LogP contribution in [0.5, 0.6) is 0 Å². The third kappa shape index (κ3) is 6.46. The first-order chi connectivity index (χ1) is 9.69. The van der Waals surface area contributed by atoms with E-state index in [9.17, 15) is 4.79 Å². The number of benzene rings is 1. The molecule has 0 heterocycles. The van der Waals surface area contributed by atoms with Crippen LogP contribution in [0.25, 0.3) is 0 Å². The van der Waals surface area contributed by atoms with Crippen molar-refractivity contribution in [1.82, 2.24) is 0 Å². The van der Waals surface area contributed by atoms with Crippen LogP contribution in [0.15, 0.2) is 24.3 Å². The van der Waals surface area contributed by atoms with E-state index in [1.165, 1.54) is 12.8 Å². The van der Waals surface area contributed by atoms with E-state index in [-0.39, 0.29) is 18.3 Å². The number of carbonyl (C=O) groups excluding carboxylic acids is 1. The zero-order valence-corrected chi connectivity index (χ0v) is 13.3. The van der Waals surface area contributed by atoms with Crippen molar-refractivity contribution in [2.75, 3.05) is 11.9 Å². The molecule has 1 aliphatic rings. The van der Waals surface area contributed by atoms with E-state index < -0.39 is 6.04 Å². The zero-order valence-electron chi connectivity index (χ0n) is 12.5. The SMILES string of the molecule is CCCC(N)C(=O)Nc1cccc(COCC2CC2)c1.Cl. The van der Waals surface area contributed by atoms with E-state index in [1.807, 2.05) is 31.2 Å². The van der Waals surface area contributed by atoms with Gasteiger partial charge in [0.25, 0.3) is 0 Å². The second kappa shape index (κ2) is 9.03. The molecule has 1 fully saturated rings. The van der Waals surface area contributed by atoms with Gasteiger partial charge in [-0.25, -0.2) is 0 Å². The van der Waals surface area contributed by atoms with E-state index >= 15 is 0 Å². The molecular weight excluding hydrogens is 288 g/mol. The lowest BCUT2D eigenvalue weighted by atomic mass is 10.1. The summed E-state index contributed by atoms with van der Waals surface area (Å²) >= 11 is 0. The average molecular weight is 313 g/mol. The normalized spacial score (nSPS) is 15.1. The van der Waals surface area contributed by atoms with Crippen molar-refractivity contribution in [3.8, 4) is 0 Å². The van der Waals surface area contributed by atoms with Gasteiger partial charge in [-0.2, -0.15) is 0 Å². The number of halogens is 1. The number of rotatable bonds is 8. The Balaban J connectivity index is 0.00000220. The maximum Gasteiger partial charge on any atom is 0.241 e. The molecule has 0 radical (unpaired) electrons. The fourth-order valence-electron chi connectivity index (χ4n) is 2.04. The highest BCUT2D eigenvalue weighted by atomic mass is 35.5. The number of amides is 1. The maximum absolute atomic E-state index is 11.9. The Kier molecular flexibility index (Phi) is 7.72. The highest BCUT2D eigenvalue weighted by Crippen LogP contribution is 2.29. The van der Waals surface area contributed by atoms with E-state index in [0.717, 1.165) is 30.2 Å². The zero-order chi connectivity index (χ0) is 14.4. The number of anilines is 1. The molecule has 1 atom stereocenters. The van der Waals surface area contributed by atoms with Crippen molar-refractivity contribution in [2.45, 2.75) is 45.3 Å². The molecule has 1 aromatic rings. The minimum Gasteiger partial charge on any atom is -0.376 e. The van der Waals surface area contributed by atoms with Gasteiger partial charge in [0.15, 0.2) is 0 Å². The van der Waals surface area contributed by atoms with Gasteiger partial charge in [0, 0.05) is 12.3 Å². The van der Waals surface area contributed by atoms with Crippen molar-refractivity contribution in [3.63, 3.8) is 0 Å². The predicted octanol–water partition coefficient (Wildman–Crippen LogP) is 3.10. The quantitative estimate of drug-likeness (QED) is 0.775. The van der Waals surface area contributed by atoms with E-state index in [2.05, 4.69) is 5.32 Å². The summed E-state index contributed by atoms with van der Waals surface area (Å²) in [5.74, 6) is 0.646. The minimum absolute atomic E-state index is 0. The number of carbonyl (C=O) groups is 1. The number of ether oxygens (including phenoxy) is 1. The Morgan fingerprint density at radius 1 is 1.48 bits per heavy atom. The van der Waals surface area contributed by atoms with Gasteiger partial charge < -0.3 is 15.8 Å². The second-order valence-corrected chi connectivity index (χ2v) is 5.54. The number of nitrogens with two attached hydrogens (primary N) is 1. The van der Waals surface area contributed by atoms with Crippen LogP contribution >= 0.6 is 12.4 Å². The molecule has 3 N–H and O–H groups in total. The van der Waals surface area contributed by atoms with Crippen molar-refractivity contribution < 1.29 is 9.53 Å². The molecule has 21 heavy (non-hydrogen) atoms. The van der Waals surface area contributed by atoms with Crippen molar-refractivity contribution in [3.05, 3.63) is 29.8 Å². The van der Waals surface area contributed by atoms with Crippen LogP contribution in [0.2, 0.25) is 0 Å².